The minimum absolute atomic E-state index is 0. The van der Waals surface area contributed by atoms with E-state index in [2.05, 4.69) is 13.8 Å². The number of carboxylic acid groups (broad SMARTS) is 2. The smallest absolute Gasteiger partial charge is 0.548 e. The number of hydrogen-bond donors (Lipinski definition) is 1. The molecule has 2 amide bonds. The van der Waals surface area contributed by atoms with E-state index in [1.165, 1.54) is 139 Å². The van der Waals surface area contributed by atoms with Crippen molar-refractivity contribution < 1.29 is 58.9 Å². The molecule has 44 heavy (non-hydrogen) atoms. The second-order valence-electron chi connectivity index (χ2n) is 11.8. The van der Waals surface area contributed by atoms with Crippen LogP contribution in [0, 0.1) is 0 Å². The number of aliphatic carboxylic acids is 2. The van der Waals surface area contributed by atoms with Crippen LogP contribution in [-0.4, -0.2) is 60.7 Å². The van der Waals surface area contributed by atoms with Gasteiger partial charge in [0, 0.05) is 26.9 Å². The maximum Gasteiger partial charge on any atom is 1.00 e. The summed E-state index contributed by atoms with van der Waals surface area (Å²) in [4.78, 5) is 46.3. The number of amides is 2. The summed E-state index contributed by atoms with van der Waals surface area (Å²) in [6, 6.07) is 0. The van der Waals surface area contributed by atoms with Crippen LogP contribution in [-0.2, 0) is 19.2 Å². The van der Waals surface area contributed by atoms with Crippen LogP contribution in [0.4, 0.5) is 0 Å². The van der Waals surface area contributed by atoms with Crippen molar-refractivity contribution in [2.45, 2.75) is 168 Å². The molecule has 9 nitrogen and oxygen atoms in total. The molecule has 0 spiro atoms. The number of likely N-dealkylation sites (N-methyl/N-ethyl adjacent to an activating group) is 2. The summed E-state index contributed by atoms with van der Waals surface area (Å²) in [7, 11) is 3.02. The second-order valence-corrected chi connectivity index (χ2v) is 11.8. The molecule has 0 aromatic rings. The van der Waals surface area contributed by atoms with Crippen LogP contribution in [0.3, 0.4) is 0 Å². The molecule has 4 N–H and O–H groups in total. The molecule has 0 saturated heterocycles. The molecule has 0 aliphatic rings. The quantitative estimate of drug-likeness (QED) is 0.103. The van der Waals surface area contributed by atoms with Crippen molar-refractivity contribution >= 4 is 23.8 Å². The van der Waals surface area contributed by atoms with E-state index in [1.54, 1.807) is 0 Å². The maximum atomic E-state index is 11.6. The van der Waals surface area contributed by atoms with Crippen molar-refractivity contribution in [2.75, 3.05) is 27.2 Å². The SMILES string of the molecule is CCCCCCCCCCCC(=O)N(C)CC(=O)[O-].CCCCCCCCCCCCCCCC(=O)N(C)CC(=O)[O-].[NH4+].[Na+]. The molecule has 0 aliphatic heterocycles. The van der Waals surface area contributed by atoms with Crippen LogP contribution in [0.2, 0.25) is 0 Å². The van der Waals surface area contributed by atoms with Gasteiger partial charge in [-0.1, -0.05) is 142 Å². The molecule has 0 heterocycles. The Bertz CT molecular complexity index is 681. The Labute approximate surface area is 292 Å². The number of hydrogen-bond acceptors (Lipinski definition) is 6. The fourth-order valence-electron chi connectivity index (χ4n) is 4.83. The van der Waals surface area contributed by atoms with Gasteiger partial charge in [-0.05, 0) is 12.8 Å². The van der Waals surface area contributed by atoms with E-state index in [4.69, 9.17) is 0 Å². The van der Waals surface area contributed by atoms with Crippen LogP contribution in [0.15, 0.2) is 0 Å². The van der Waals surface area contributed by atoms with Gasteiger partial charge in [0.2, 0.25) is 11.8 Å². The molecular weight excluding hydrogens is 569 g/mol. The van der Waals surface area contributed by atoms with E-state index in [1.807, 2.05) is 0 Å². The van der Waals surface area contributed by atoms with Gasteiger partial charge in [0.15, 0.2) is 0 Å². The first-order chi connectivity index (χ1) is 20.1. The Morgan fingerprint density at radius 3 is 0.841 bits per heavy atom. The predicted octanol–water partition coefficient (Wildman–Crippen LogP) is 3.17. The summed E-state index contributed by atoms with van der Waals surface area (Å²) in [6.07, 6.45) is 28.4. The van der Waals surface area contributed by atoms with Gasteiger partial charge in [-0.25, -0.2) is 0 Å². The maximum absolute atomic E-state index is 11.6. The molecular formula is C34H68N3NaO6. The number of unbranched alkanes of at least 4 members (excludes halogenated alkanes) is 20. The Hall–Kier alpha value is -1.16. The molecule has 0 rings (SSSR count). The number of carbonyl (C=O) groups excluding carboxylic acids is 4. The molecule has 0 radical (unpaired) electrons. The van der Waals surface area contributed by atoms with Crippen molar-refractivity contribution in [3.05, 3.63) is 0 Å². The fraction of sp³-hybridized carbons (Fsp3) is 0.882. The Morgan fingerprint density at radius 2 is 0.636 bits per heavy atom. The van der Waals surface area contributed by atoms with E-state index < -0.39 is 11.9 Å². The largest absolute Gasteiger partial charge is 1.00 e. The number of rotatable bonds is 28. The zero-order valence-electron chi connectivity index (χ0n) is 29.7. The van der Waals surface area contributed by atoms with Gasteiger partial charge < -0.3 is 35.8 Å². The van der Waals surface area contributed by atoms with Crippen molar-refractivity contribution in [3.63, 3.8) is 0 Å². The molecule has 0 bridgehead atoms. The summed E-state index contributed by atoms with van der Waals surface area (Å²) in [6.45, 7) is 3.85. The minimum Gasteiger partial charge on any atom is -0.548 e. The van der Waals surface area contributed by atoms with E-state index >= 15 is 0 Å². The average molecular weight is 638 g/mol. The molecule has 10 heteroatoms. The van der Waals surface area contributed by atoms with Crippen LogP contribution in [0.1, 0.15) is 168 Å². The molecule has 0 aromatic heterocycles. The molecule has 0 unspecified atom stereocenters. The number of quaternary nitrogens is 1. The van der Waals surface area contributed by atoms with Gasteiger partial charge in [-0.15, -0.1) is 0 Å². The Balaban J connectivity index is -0.000000354. The van der Waals surface area contributed by atoms with Gasteiger partial charge in [0.25, 0.3) is 0 Å². The molecule has 0 fully saturated rings. The van der Waals surface area contributed by atoms with Crippen molar-refractivity contribution in [1.29, 1.82) is 0 Å². The molecule has 0 aliphatic carbocycles. The molecule has 256 valence electrons. The van der Waals surface area contributed by atoms with Crippen LogP contribution in [0.5, 0.6) is 0 Å². The van der Waals surface area contributed by atoms with E-state index in [9.17, 15) is 29.4 Å². The first-order valence-corrected chi connectivity index (χ1v) is 17.0. The summed E-state index contributed by atoms with van der Waals surface area (Å²) >= 11 is 0. The molecule has 0 aromatic carbocycles. The van der Waals surface area contributed by atoms with E-state index in [0.29, 0.717) is 12.8 Å². The van der Waals surface area contributed by atoms with Gasteiger partial charge >= 0.3 is 29.6 Å². The average Bonchev–Trinajstić information content (AvgIpc) is 2.94. The summed E-state index contributed by atoms with van der Waals surface area (Å²) in [5, 5.41) is 20.7. The third kappa shape index (κ3) is 38.9. The fourth-order valence-corrected chi connectivity index (χ4v) is 4.83. The van der Waals surface area contributed by atoms with Crippen molar-refractivity contribution in [2.24, 2.45) is 0 Å². The normalized spacial score (nSPS) is 10.1. The Morgan fingerprint density at radius 1 is 0.432 bits per heavy atom. The second kappa shape index (κ2) is 38.0. The summed E-state index contributed by atoms with van der Waals surface area (Å²) in [5.74, 6) is -2.61. The summed E-state index contributed by atoms with van der Waals surface area (Å²) < 4.78 is 0. The van der Waals surface area contributed by atoms with Crippen molar-refractivity contribution in [3.8, 4) is 0 Å². The zero-order chi connectivity index (χ0) is 31.8. The van der Waals surface area contributed by atoms with E-state index in [0.717, 1.165) is 25.7 Å². The standard InChI is InChI=1S/C19H37NO3.C15H29NO3.H3N.Na/c1-3-4-5-6-7-8-9-10-11-12-13-14-15-16-18(21)20(2)17-19(22)23;1-3-4-5-6-7-8-9-10-11-12-14(17)16(2)13-15(18)19;;/h3-17H2,1-2H3,(H,22,23);3-13H2,1-2H3,(H,18,19);1H3;/q;;;+1/p-1. The summed E-state index contributed by atoms with van der Waals surface area (Å²) in [5.41, 5.74) is 0. The third-order valence-corrected chi connectivity index (χ3v) is 7.57. The molecule has 0 atom stereocenters. The van der Waals surface area contributed by atoms with Gasteiger partial charge in [0.05, 0.1) is 25.0 Å². The van der Waals surface area contributed by atoms with Crippen molar-refractivity contribution in [1.82, 2.24) is 16.0 Å². The van der Waals surface area contributed by atoms with Gasteiger partial charge in [0.1, 0.15) is 0 Å². The first kappa shape index (κ1) is 49.7. The van der Waals surface area contributed by atoms with Crippen LogP contribution in [0.25, 0.3) is 0 Å². The monoisotopic (exact) mass is 638 g/mol. The number of carbonyl (C=O) groups is 4. The minimum atomic E-state index is -1.21. The number of carboxylic acids is 2. The van der Waals surface area contributed by atoms with Crippen LogP contribution < -0.4 is 45.9 Å². The van der Waals surface area contributed by atoms with Crippen LogP contribution >= 0.6 is 0 Å². The van der Waals surface area contributed by atoms with Gasteiger partial charge in [-0.3, -0.25) is 9.59 Å². The first-order valence-electron chi connectivity index (χ1n) is 17.0. The zero-order valence-corrected chi connectivity index (χ0v) is 31.7. The molecule has 0 saturated carbocycles. The number of nitrogens with zero attached hydrogens (tertiary/aromatic N) is 2. The predicted molar refractivity (Wildman–Crippen MR) is 173 cm³/mol. The topological polar surface area (TPSA) is 157 Å². The third-order valence-electron chi connectivity index (χ3n) is 7.57. The van der Waals surface area contributed by atoms with E-state index in [-0.39, 0.29) is 60.6 Å². The van der Waals surface area contributed by atoms with Gasteiger partial charge in [-0.2, -0.15) is 0 Å². The Kier molecular flexibility index (Phi) is 43.0.